The van der Waals surface area contributed by atoms with Gasteiger partial charge in [0.15, 0.2) is 0 Å². The minimum atomic E-state index is -0.551. The van der Waals surface area contributed by atoms with Crippen LogP contribution in [0.2, 0.25) is 0 Å². The molecule has 15 heavy (non-hydrogen) atoms. The number of methoxy groups -OCH3 is 1. The lowest BCUT2D eigenvalue weighted by atomic mass is 10.4. The number of carbonyl (C=O) groups is 1. The van der Waals surface area contributed by atoms with Gasteiger partial charge in [-0.05, 0) is 12.1 Å². The molecule has 2 N–H and O–H groups in total. The minimum absolute atomic E-state index is 0. The molecule has 3 nitrogen and oxygen atoms in total. The van der Waals surface area contributed by atoms with E-state index in [0.29, 0.717) is 5.75 Å². The van der Waals surface area contributed by atoms with Crippen LogP contribution < -0.4 is 5.73 Å². The van der Waals surface area contributed by atoms with Crippen molar-refractivity contribution in [1.82, 2.24) is 0 Å². The summed E-state index contributed by atoms with van der Waals surface area (Å²) in [5.74, 6) is 0.171. The zero-order valence-corrected chi connectivity index (χ0v) is 10.0. The van der Waals surface area contributed by atoms with Crippen LogP contribution in [0.1, 0.15) is 0 Å². The predicted molar refractivity (Wildman–Crippen MR) is 64.4 cm³/mol. The van der Waals surface area contributed by atoms with Crippen LogP contribution >= 0.6 is 24.2 Å². The van der Waals surface area contributed by atoms with Crippen LogP contribution in [0.5, 0.6) is 0 Å². The van der Waals surface area contributed by atoms with Gasteiger partial charge in [0, 0.05) is 10.6 Å². The van der Waals surface area contributed by atoms with E-state index in [4.69, 9.17) is 5.73 Å². The third-order valence-corrected chi connectivity index (χ3v) is 2.81. The van der Waals surface area contributed by atoms with Crippen LogP contribution in [0.25, 0.3) is 0 Å². The molecule has 0 saturated heterocycles. The van der Waals surface area contributed by atoms with Crippen molar-refractivity contribution in [2.24, 2.45) is 5.73 Å². The van der Waals surface area contributed by atoms with Gasteiger partial charge >= 0.3 is 5.97 Å². The SMILES string of the molecule is COC(=O)C(N)CSc1ccccc1.Cl. The molecule has 0 saturated carbocycles. The Morgan fingerprint density at radius 1 is 1.47 bits per heavy atom. The van der Waals surface area contributed by atoms with Gasteiger partial charge in [0.2, 0.25) is 0 Å². The summed E-state index contributed by atoms with van der Waals surface area (Å²) in [6.07, 6.45) is 0. The van der Waals surface area contributed by atoms with E-state index < -0.39 is 6.04 Å². The molecule has 84 valence electrons. The van der Waals surface area contributed by atoms with E-state index >= 15 is 0 Å². The summed E-state index contributed by atoms with van der Waals surface area (Å²) in [7, 11) is 1.34. The molecule has 0 spiro atoms. The fraction of sp³-hybridized carbons (Fsp3) is 0.300. The van der Waals surface area contributed by atoms with Gasteiger partial charge in [-0.3, -0.25) is 4.79 Å². The Balaban J connectivity index is 0.00000196. The number of esters is 1. The Bertz CT molecular complexity index is 295. The van der Waals surface area contributed by atoms with Crippen molar-refractivity contribution in [3.8, 4) is 0 Å². The van der Waals surface area contributed by atoms with E-state index in [1.807, 2.05) is 30.3 Å². The summed E-state index contributed by atoms with van der Waals surface area (Å²) in [6.45, 7) is 0. The molecule has 0 amide bonds. The Kier molecular flexibility index (Phi) is 7.21. The van der Waals surface area contributed by atoms with Crippen molar-refractivity contribution in [2.75, 3.05) is 12.9 Å². The maximum atomic E-state index is 11.0. The molecule has 1 rings (SSSR count). The van der Waals surface area contributed by atoms with Crippen molar-refractivity contribution in [1.29, 1.82) is 0 Å². The molecule has 0 aliphatic carbocycles. The normalized spacial score (nSPS) is 11.3. The van der Waals surface area contributed by atoms with Crippen LogP contribution in [0, 0.1) is 0 Å². The molecular formula is C10H14ClNO2S. The van der Waals surface area contributed by atoms with Crippen LogP contribution in [-0.4, -0.2) is 24.9 Å². The molecule has 1 aromatic carbocycles. The van der Waals surface area contributed by atoms with E-state index in [1.165, 1.54) is 7.11 Å². The summed E-state index contributed by atoms with van der Waals surface area (Å²) in [6, 6.07) is 9.26. The smallest absolute Gasteiger partial charge is 0.323 e. The quantitative estimate of drug-likeness (QED) is 0.650. The highest BCUT2D eigenvalue weighted by Gasteiger charge is 2.13. The van der Waals surface area contributed by atoms with Gasteiger partial charge in [0.25, 0.3) is 0 Å². The van der Waals surface area contributed by atoms with E-state index in [1.54, 1.807) is 11.8 Å². The summed E-state index contributed by atoms with van der Waals surface area (Å²) in [5.41, 5.74) is 5.58. The lowest BCUT2D eigenvalue weighted by Crippen LogP contribution is -2.33. The number of rotatable bonds is 4. The monoisotopic (exact) mass is 247 g/mol. The first-order chi connectivity index (χ1) is 6.74. The van der Waals surface area contributed by atoms with Crippen molar-refractivity contribution < 1.29 is 9.53 Å². The molecule has 0 radical (unpaired) electrons. The molecule has 0 bridgehead atoms. The highest BCUT2D eigenvalue weighted by atomic mass is 35.5. The number of benzene rings is 1. The van der Waals surface area contributed by atoms with Crippen LogP contribution in [0.3, 0.4) is 0 Å². The van der Waals surface area contributed by atoms with Crippen molar-refractivity contribution in [3.05, 3.63) is 30.3 Å². The van der Waals surface area contributed by atoms with Gasteiger partial charge in [0.05, 0.1) is 7.11 Å². The van der Waals surface area contributed by atoms with E-state index in [9.17, 15) is 4.79 Å². The number of carbonyl (C=O) groups excluding carboxylic acids is 1. The van der Waals surface area contributed by atoms with E-state index in [-0.39, 0.29) is 18.4 Å². The maximum Gasteiger partial charge on any atom is 0.323 e. The summed E-state index contributed by atoms with van der Waals surface area (Å²) in [4.78, 5) is 12.1. The Hall–Kier alpha value is -0.710. The van der Waals surface area contributed by atoms with E-state index in [0.717, 1.165) is 4.90 Å². The van der Waals surface area contributed by atoms with Crippen LogP contribution in [0.15, 0.2) is 35.2 Å². The van der Waals surface area contributed by atoms with Gasteiger partial charge in [-0.2, -0.15) is 0 Å². The first-order valence-corrected chi connectivity index (χ1v) is 5.24. The number of ether oxygens (including phenoxy) is 1. The molecular weight excluding hydrogens is 234 g/mol. The van der Waals surface area contributed by atoms with Crippen LogP contribution in [0.4, 0.5) is 0 Å². The van der Waals surface area contributed by atoms with Gasteiger partial charge in [-0.15, -0.1) is 24.2 Å². The first-order valence-electron chi connectivity index (χ1n) is 4.25. The Labute approximate surface area is 99.8 Å². The zero-order valence-electron chi connectivity index (χ0n) is 8.38. The third kappa shape index (κ3) is 5.06. The maximum absolute atomic E-state index is 11.0. The summed E-state index contributed by atoms with van der Waals surface area (Å²) < 4.78 is 4.52. The van der Waals surface area contributed by atoms with E-state index in [2.05, 4.69) is 4.74 Å². The summed E-state index contributed by atoms with van der Waals surface area (Å²) >= 11 is 1.55. The van der Waals surface area contributed by atoms with Gasteiger partial charge in [-0.25, -0.2) is 0 Å². The topological polar surface area (TPSA) is 52.3 Å². The second-order valence-corrected chi connectivity index (χ2v) is 3.85. The van der Waals surface area contributed by atoms with Gasteiger partial charge in [-0.1, -0.05) is 18.2 Å². The fourth-order valence-electron chi connectivity index (χ4n) is 0.922. The molecule has 5 heteroatoms. The number of hydrogen-bond acceptors (Lipinski definition) is 4. The number of thioether (sulfide) groups is 1. The molecule has 1 unspecified atom stereocenters. The summed E-state index contributed by atoms with van der Waals surface area (Å²) in [5, 5.41) is 0. The molecule has 0 aromatic heterocycles. The molecule has 1 aromatic rings. The molecule has 0 aliphatic rings. The van der Waals surface area contributed by atoms with Gasteiger partial charge < -0.3 is 10.5 Å². The largest absolute Gasteiger partial charge is 0.468 e. The first kappa shape index (κ1) is 14.3. The average Bonchev–Trinajstić information content (AvgIpc) is 2.26. The predicted octanol–water partition coefficient (Wildman–Crippen LogP) is 1.70. The zero-order chi connectivity index (χ0) is 10.4. The second-order valence-electron chi connectivity index (χ2n) is 2.75. The Morgan fingerprint density at radius 3 is 2.60 bits per heavy atom. The fourth-order valence-corrected chi connectivity index (χ4v) is 1.78. The van der Waals surface area contributed by atoms with Crippen molar-refractivity contribution in [2.45, 2.75) is 10.9 Å². The lowest BCUT2D eigenvalue weighted by Gasteiger charge is -2.08. The highest BCUT2D eigenvalue weighted by molar-refractivity contribution is 7.99. The standard InChI is InChI=1S/C10H13NO2S.ClH/c1-13-10(12)9(11)7-14-8-5-3-2-4-6-8;/h2-6,9H,7,11H2,1H3;1H. The van der Waals surface area contributed by atoms with Crippen molar-refractivity contribution in [3.63, 3.8) is 0 Å². The number of nitrogens with two attached hydrogens (primary N) is 1. The minimum Gasteiger partial charge on any atom is -0.468 e. The number of hydrogen-bond donors (Lipinski definition) is 1. The lowest BCUT2D eigenvalue weighted by molar-refractivity contribution is -0.141. The molecule has 1 atom stereocenters. The Morgan fingerprint density at radius 2 is 2.07 bits per heavy atom. The molecule has 0 heterocycles. The van der Waals surface area contributed by atoms with Gasteiger partial charge in [0.1, 0.15) is 6.04 Å². The third-order valence-electron chi connectivity index (χ3n) is 1.68. The molecule has 0 aliphatic heterocycles. The van der Waals surface area contributed by atoms with Crippen LogP contribution in [-0.2, 0) is 9.53 Å². The average molecular weight is 248 g/mol. The number of halogens is 1. The molecule has 0 fully saturated rings. The highest BCUT2D eigenvalue weighted by Crippen LogP contribution is 2.17. The second kappa shape index (κ2) is 7.56. The van der Waals surface area contributed by atoms with Crippen molar-refractivity contribution >= 4 is 30.1 Å².